The molecule has 108 valence electrons. The Morgan fingerprint density at radius 1 is 1.47 bits per heavy atom. The van der Waals surface area contributed by atoms with Crippen LogP contribution in [0.15, 0.2) is 15.9 Å². The van der Waals surface area contributed by atoms with E-state index < -0.39 is 12.7 Å². The van der Waals surface area contributed by atoms with Gasteiger partial charge in [0, 0.05) is 11.4 Å². The lowest BCUT2D eigenvalue weighted by atomic mass is 10.4. The van der Waals surface area contributed by atoms with Gasteiger partial charge in [0.1, 0.15) is 0 Å². The average molecular weight is 359 g/mol. The molecule has 1 heterocycles. The minimum Gasteiger partial charge on any atom is -0.337 e. The van der Waals surface area contributed by atoms with Crippen LogP contribution in [0.2, 0.25) is 0 Å². The standard InChI is InChI=1S/C11H14BrF3N2OS/c1-2-17(6-8-3-4-9(12)19-8)10(18)5-16-7-11(13,14)15/h3-4,16H,2,5-7H2,1H3. The van der Waals surface area contributed by atoms with Crippen LogP contribution in [-0.4, -0.2) is 36.6 Å². The van der Waals surface area contributed by atoms with E-state index in [1.165, 1.54) is 16.2 Å². The van der Waals surface area contributed by atoms with Crippen molar-refractivity contribution in [2.45, 2.75) is 19.6 Å². The Hall–Kier alpha value is -0.600. The lowest BCUT2D eigenvalue weighted by molar-refractivity contribution is -0.134. The van der Waals surface area contributed by atoms with Crippen molar-refractivity contribution in [2.24, 2.45) is 0 Å². The summed E-state index contributed by atoms with van der Waals surface area (Å²) in [6.45, 7) is 1.21. The Morgan fingerprint density at radius 2 is 2.16 bits per heavy atom. The number of hydrogen-bond acceptors (Lipinski definition) is 3. The largest absolute Gasteiger partial charge is 0.401 e. The van der Waals surface area contributed by atoms with Gasteiger partial charge >= 0.3 is 6.18 Å². The van der Waals surface area contributed by atoms with Crippen LogP contribution in [0.5, 0.6) is 0 Å². The van der Waals surface area contributed by atoms with E-state index in [-0.39, 0.29) is 12.5 Å². The summed E-state index contributed by atoms with van der Waals surface area (Å²) in [6.07, 6.45) is -4.30. The maximum Gasteiger partial charge on any atom is 0.401 e. The molecule has 19 heavy (non-hydrogen) atoms. The van der Waals surface area contributed by atoms with Crippen molar-refractivity contribution < 1.29 is 18.0 Å². The summed E-state index contributed by atoms with van der Waals surface area (Å²) in [4.78, 5) is 14.3. The summed E-state index contributed by atoms with van der Waals surface area (Å²) in [6, 6.07) is 3.76. The lowest BCUT2D eigenvalue weighted by Crippen LogP contribution is -2.40. The number of carbonyl (C=O) groups is 1. The minimum absolute atomic E-state index is 0.306. The zero-order valence-corrected chi connectivity index (χ0v) is 12.7. The highest BCUT2D eigenvalue weighted by Crippen LogP contribution is 2.23. The van der Waals surface area contributed by atoms with Crippen LogP contribution in [-0.2, 0) is 11.3 Å². The van der Waals surface area contributed by atoms with Gasteiger partial charge in [0.2, 0.25) is 5.91 Å². The van der Waals surface area contributed by atoms with E-state index in [2.05, 4.69) is 21.2 Å². The number of hydrogen-bond donors (Lipinski definition) is 1. The minimum atomic E-state index is -4.30. The van der Waals surface area contributed by atoms with Crippen molar-refractivity contribution in [3.8, 4) is 0 Å². The Bertz CT molecular complexity index is 422. The summed E-state index contributed by atoms with van der Waals surface area (Å²) in [5.74, 6) is -0.337. The molecule has 0 aliphatic heterocycles. The van der Waals surface area contributed by atoms with E-state index in [1.807, 2.05) is 12.1 Å². The van der Waals surface area contributed by atoms with Gasteiger partial charge in [-0.3, -0.25) is 4.79 Å². The SMILES string of the molecule is CCN(Cc1ccc(Br)s1)C(=O)CNCC(F)(F)F. The molecule has 0 aliphatic carbocycles. The molecule has 0 aromatic carbocycles. The van der Waals surface area contributed by atoms with E-state index in [1.54, 1.807) is 6.92 Å². The van der Waals surface area contributed by atoms with Gasteiger partial charge in [-0.1, -0.05) is 0 Å². The number of alkyl halides is 3. The number of carbonyl (C=O) groups excluding carboxylic acids is 1. The third-order valence-electron chi connectivity index (χ3n) is 2.31. The number of amides is 1. The average Bonchev–Trinajstić information content (AvgIpc) is 2.69. The number of rotatable bonds is 6. The summed E-state index contributed by atoms with van der Waals surface area (Å²) in [5, 5.41) is 2.11. The topological polar surface area (TPSA) is 32.3 Å². The van der Waals surface area contributed by atoms with Crippen molar-refractivity contribution in [3.05, 3.63) is 20.8 Å². The predicted octanol–water partition coefficient (Wildman–Crippen LogP) is 3.01. The highest BCUT2D eigenvalue weighted by Gasteiger charge is 2.27. The first-order valence-corrected chi connectivity index (χ1v) is 7.22. The fraction of sp³-hybridized carbons (Fsp3) is 0.545. The van der Waals surface area contributed by atoms with E-state index >= 15 is 0 Å². The fourth-order valence-corrected chi connectivity index (χ4v) is 2.92. The monoisotopic (exact) mass is 358 g/mol. The molecular formula is C11H14BrF3N2OS. The van der Waals surface area contributed by atoms with Gasteiger partial charge in [-0.15, -0.1) is 11.3 Å². The van der Waals surface area contributed by atoms with Crippen molar-refractivity contribution in [1.82, 2.24) is 10.2 Å². The summed E-state index contributed by atoms with van der Waals surface area (Å²) in [5.41, 5.74) is 0. The molecule has 0 bridgehead atoms. The molecule has 0 fully saturated rings. The molecule has 8 heteroatoms. The smallest absolute Gasteiger partial charge is 0.337 e. The normalized spacial score (nSPS) is 11.6. The number of nitrogens with one attached hydrogen (secondary N) is 1. The first-order valence-electron chi connectivity index (χ1n) is 5.61. The van der Waals surface area contributed by atoms with E-state index in [9.17, 15) is 18.0 Å². The Labute approximate surface area is 121 Å². The Morgan fingerprint density at radius 3 is 2.63 bits per heavy atom. The second-order valence-electron chi connectivity index (χ2n) is 3.83. The predicted molar refractivity (Wildman–Crippen MR) is 72.0 cm³/mol. The number of likely N-dealkylation sites (N-methyl/N-ethyl adjacent to an activating group) is 1. The van der Waals surface area contributed by atoms with Crippen LogP contribution in [0.1, 0.15) is 11.8 Å². The molecule has 0 saturated heterocycles. The molecule has 1 N–H and O–H groups in total. The van der Waals surface area contributed by atoms with E-state index in [0.29, 0.717) is 13.1 Å². The van der Waals surface area contributed by atoms with Crippen molar-refractivity contribution in [2.75, 3.05) is 19.6 Å². The molecule has 0 radical (unpaired) electrons. The molecule has 3 nitrogen and oxygen atoms in total. The van der Waals surface area contributed by atoms with Gasteiger partial charge in [0.15, 0.2) is 0 Å². The fourth-order valence-electron chi connectivity index (χ4n) is 1.42. The quantitative estimate of drug-likeness (QED) is 0.847. The van der Waals surface area contributed by atoms with Crippen LogP contribution in [0.25, 0.3) is 0 Å². The number of halogens is 4. The molecule has 0 atom stereocenters. The molecule has 1 aromatic rings. The maximum absolute atomic E-state index is 11.9. The number of nitrogens with zero attached hydrogens (tertiary/aromatic N) is 1. The second-order valence-corrected chi connectivity index (χ2v) is 6.38. The molecule has 1 aromatic heterocycles. The summed E-state index contributed by atoms with van der Waals surface area (Å²) in [7, 11) is 0. The van der Waals surface area contributed by atoms with E-state index in [4.69, 9.17) is 0 Å². The van der Waals surface area contributed by atoms with Crippen LogP contribution >= 0.6 is 27.3 Å². The van der Waals surface area contributed by atoms with Gasteiger partial charge in [-0.05, 0) is 35.0 Å². The van der Waals surface area contributed by atoms with Gasteiger partial charge in [-0.25, -0.2) is 0 Å². The zero-order valence-electron chi connectivity index (χ0n) is 10.3. The van der Waals surface area contributed by atoms with Crippen molar-refractivity contribution in [3.63, 3.8) is 0 Å². The first kappa shape index (κ1) is 16.5. The first-order chi connectivity index (χ1) is 8.81. The van der Waals surface area contributed by atoms with Crippen LogP contribution < -0.4 is 5.32 Å². The molecule has 1 amide bonds. The third-order valence-corrected chi connectivity index (χ3v) is 3.92. The number of thiophene rings is 1. The Kier molecular flexibility index (Phi) is 6.28. The van der Waals surface area contributed by atoms with Crippen molar-refractivity contribution >= 4 is 33.2 Å². The highest BCUT2D eigenvalue weighted by atomic mass is 79.9. The molecule has 1 rings (SSSR count). The molecule has 0 aliphatic rings. The van der Waals surface area contributed by atoms with Gasteiger partial charge in [0.25, 0.3) is 0 Å². The zero-order chi connectivity index (χ0) is 14.5. The van der Waals surface area contributed by atoms with Gasteiger partial charge in [-0.2, -0.15) is 13.2 Å². The second kappa shape index (κ2) is 7.25. The van der Waals surface area contributed by atoms with Crippen LogP contribution in [0.4, 0.5) is 13.2 Å². The van der Waals surface area contributed by atoms with Crippen molar-refractivity contribution in [1.29, 1.82) is 0 Å². The van der Waals surface area contributed by atoms with Crippen LogP contribution in [0.3, 0.4) is 0 Å². The van der Waals surface area contributed by atoms with Gasteiger partial charge in [0.05, 0.1) is 23.4 Å². The molecule has 0 spiro atoms. The third kappa shape index (κ3) is 6.40. The summed E-state index contributed by atoms with van der Waals surface area (Å²) < 4.78 is 36.8. The van der Waals surface area contributed by atoms with Crippen LogP contribution in [0, 0.1) is 0 Å². The molecule has 0 saturated carbocycles. The molecule has 0 unspecified atom stereocenters. The lowest BCUT2D eigenvalue weighted by Gasteiger charge is -2.20. The Balaban J connectivity index is 2.43. The van der Waals surface area contributed by atoms with E-state index in [0.717, 1.165) is 8.66 Å². The highest BCUT2D eigenvalue weighted by molar-refractivity contribution is 9.11. The summed E-state index contributed by atoms with van der Waals surface area (Å²) >= 11 is 4.82. The molecular weight excluding hydrogens is 345 g/mol. The maximum atomic E-state index is 11.9. The van der Waals surface area contributed by atoms with Gasteiger partial charge < -0.3 is 10.2 Å².